The van der Waals surface area contributed by atoms with E-state index in [0.717, 1.165) is 46.1 Å². The number of para-hydroxylation sites is 1. The molecule has 30 heavy (non-hydrogen) atoms. The molecule has 0 aromatic heterocycles. The summed E-state index contributed by atoms with van der Waals surface area (Å²) in [6, 6.07) is 21.7. The van der Waals surface area contributed by atoms with Crippen molar-refractivity contribution >= 4 is 17.3 Å². The van der Waals surface area contributed by atoms with Gasteiger partial charge in [-0.1, -0.05) is 23.7 Å². The van der Waals surface area contributed by atoms with E-state index in [9.17, 15) is 0 Å². The van der Waals surface area contributed by atoms with Crippen molar-refractivity contribution in [3.05, 3.63) is 88.4 Å². The summed E-state index contributed by atoms with van der Waals surface area (Å²) in [5, 5.41) is 7.69. The Bertz CT molecular complexity index is 1110. The van der Waals surface area contributed by atoms with Crippen LogP contribution in [0.5, 0.6) is 17.2 Å². The van der Waals surface area contributed by atoms with E-state index in [0.29, 0.717) is 5.02 Å². The number of nitrogens with zero attached hydrogens (tertiary/aromatic N) is 2. The fourth-order valence-corrected chi connectivity index (χ4v) is 4.27. The van der Waals surface area contributed by atoms with Crippen LogP contribution >= 0.6 is 11.6 Å². The van der Waals surface area contributed by atoms with Gasteiger partial charge in [0.25, 0.3) is 0 Å². The van der Waals surface area contributed by atoms with E-state index in [2.05, 4.69) is 0 Å². The number of methoxy groups -OCH3 is 2. The molecule has 3 aromatic carbocycles. The van der Waals surface area contributed by atoms with E-state index in [1.54, 1.807) is 14.2 Å². The molecule has 2 heterocycles. The zero-order chi connectivity index (χ0) is 20.7. The van der Waals surface area contributed by atoms with Crippen LogP contribution < -0.4 is 14.2 Å². The van der Waals surface area contributed by atoms with Gasteiger partial charge in [-0.3, -0.25) is 0 Å². The van der Waals surface area contributed by atoms with Gasteiger partial charge < -0.3 is 14.2 Å². The highest BCUT2D eigenvalue weighted by Crippen LogP contribution is 2.49. The Morgan fingerprint density at radius 2 is 1.77 bits per heavy atom. The highest BCUT2D eigenvalue weighted by atomic mass is 35.5. The van der Waals surface area contributed by atoms with Gasteiger partial charge in [-0.25, -0.2) is 5.01 Å². The molecule has 2 aliphatic rings. The second-order valence-corrected chi connectivity index (χ2v) is 7.71. The van der Waals surface area contributed by atoms with Crippen LogP contribution in [-0.2, 0) is 0 Å². The maximum Gasteiger partial charge on any atom is 0.217 e. The third-order valence-electron chi connectivity index (χ3n) is 5.58. The SMILES string of the molecule is COc1ccc(C2=NN3[C@H](C2)c2cc(Cl)ccc2O[C@H]3c2ccccc2OC)cc1. The van der Waals surface area contributed by atoms with Crippen molar-refractivity contribution in [1.82, 2.24) is 5.01 Å². The zero-order valence-electron chi connectivity index (χ0n) is 16.7. The Labute approximate surface area is 180 Å². The molecule has 6 heteroatoms. The predicted octanol–water partition coefficient (Wildman–Crippen LogP) is 5.60. The van der Waals surface area contributed by atoms with E-state index in [1.807, 2.05) is 71.7 Å². The van der Waals surface area contributed by atoms with Crippen LogP contribution in [0.1, 0.15) is 35.4 Å². The molecule has 3 aromatic rings. The lowest BCUT2D eigenvalue weighted by atomic mass is 9.95. The first-order valence-corrected chi connectivity index (χ1v) is 10.1. The maximum absolute atomic E-state index is 6.41. The molecule has 0 saturated carbocycles. The molecule has 0 saturated heterocycles. The number of rotatable bonds is 4. The summed E-state index contributed by atoms with van der Waals surface area (Å²) in [5.41, 5.74) is 4.04. The van der Waals surface area contributed by atoms with E-state index >= 15 is 0 Å². The van der Waals surface area contributed by atoms with Crippen molar-refractivity contribution in [2.24, 2.45) is 5.10 Å². The van der Waals surface area contributed by atoms with Gasteiger partial charge in [0, 0.05) is 17.0 Å². The van der Waals surface area contributed by atoms with E-state index in [4.69, 9.17) is 30.9 Å². The van der Waals surface area contributed by atoms with Gasteiger partial charge in [0.05, 0.1) is 31.5 Å². The molecule has 0 amide bonds. The monoisotopic (exact) mass is 420 g/mol. The summed E-state index contributed by atoms with van der Waals surface area (Å²) in [6.45, 7) is 0. The van der Waals surface area contributed by atoms with Crippen LogP contribution in [0.3, 0.4) is 0 Å². The molecule has 0 aliphatic carbocycles. The summed E-state index contributed by atoms with van der Waals surface area (Å²) in [6.07, 6.45) is 0.366. The third-order valence-corrected chi connectivity index (χ3v) is 5.82. The minimum atomic E-state index is -0.393. The first kappa shape index (κ1) is 18.8. The summed E-state index contributed by atoms with van der Waals surface area (Å²) in [5.74, 6) is 2.41. The van der Waals surface area contributed by atoms with Crippen LogP contribution in [-0.4, -0.2) is 24.9 Å². The number of hydrogen-bond donors (Lipinski definition) is 0. The van der Waals surface area contributed by atoms with Crippen molar-refractivity contribution in [3.63, 3.8) is 0 Å². The third kappa shape index (κ3) is 3.15. The normalized spacial score (nSPS) is 19.4. The molecule has 2 aliphatic heterocycles. The lowest BCUT2D eigenvalue weighted by molar-refractivity contribution is -0.0203. The van der Waals surface area contributed by atoms with Gasteiger partial charge in [-0.2, -0.15) is 5.10 Å². The van der Waals surface area contributed by atoms with E-state index in [1.165, 1.54) is 0 Å². The van der Waals surface area contributed by atoms with Crippen LogP contribution in [0.15, 0.2) is 71.8 Å². The van der Waals surface area contributed by atoms with Gasteiger partial charge in [0.15, 0.2) is 0 Å². The number of ether oxygens (including phenoxy) is 3. The second kappa shape index (κ2) is 7.58. The Morgan fingerprint density at radius 1 is 0.967 bits per heavy atom. The molecule has 152 valence electrons. The highest BCUT2D eigenvalue weighted by molar-refractivity contribution is 6.30. The molecule has 2 atom stereocenters. The molecule has 0 fully saturated rings. The summed E-state index contributed by atoms with van der Waals surface area (Å²) in [7, 11) is 3.33. The smallest absolute Gasteiger partial charge is 0.217 e. The largest absolute Gasteiger partial charge is 0.497 e. The maximum atomic E-state index is 6.41. The number of benzene rings is 3. The van der Waals surface area contributed by atoms with Crippen LogP contribution in [0, 0.1) is 0 Å². The Morgan fingerprint density at radius 3 is 2.53 bits per heavy atom. The quantitative estimate of drug-likeness (QED) is 0.551. The van der Waals surface area contributed by atoms with Crippen molar-refractivity contribution in [3.8, 4) is 17.2 Å². The number of halogens is 1. The standard InChI is InChI=1S/C24H21ClN2O3/c1-28-17-10-7-15(8-11-17)20-14-21-19-13-16(25)9-12-23(19)30-24(27(21)26-20)18-5-3-4-6-22(18)29-2/h3-13,21,24H,14H2,1-2H3/t21-,24+/m1/s1. The van der Waals surface area contributed by atoms with Gasteiger partial charge in [-0.05, 0) is 60.2 Å². The van der Waals surface area contributed by atoms with Crippen LogP contribution in [0.2, 0.25) is 5.02 Å². The first-order chi connectivity index (χ1) is 14.7. The van der Waals surface area contributed by atoms with Crippen molar-refractivity contribution < 1.29 is 14.2 Å². The predicted molar refractivity (Wildman–Crippen MR) is 117 cm³/mol. The lowest BCUT2D eigenvalue weighted by Crippen LogP contribution is -2.33. The number of hydrogen-bond acceptors (Lipinski definition) is 5. The summed E-state index contributed by atoms with van der Waals surface area (Å²) >= 11 is 6.31. The van der Waals surface area contributed by atoms with Gasteiger partial charge in [-0.15, -0.1) is 0 Å². The average Bonchev–Trinajstić information content (AvgIpc) is 3.24. The van der Waals surface area contributed by atoms with Crippen molar-refractivity contribution in [2.45, 2.75) is 18.7 Å². The van der Waals surface area contributed by atoms with Crippen molar-refractivity contribution in [2.75, 3.05) is 14.2 Å². The van der Waals surface area contributed by atoms with Crippen LogP contribution in [0.25, 0.3) is 0 Å². The highest BCUT2D eigenvalue weighted by Gasteiger charge is 2.42. The number of hydrazone groups is 1. The Balaban J connectivity index is 1.60. The summed E-state index contributed by atoms with van der Waals surface area (Å²) < 4.78 is 17.3. The fraction of sp³-hybridized carbons (Fsp3) is 0.208. The Kier molecular flexibility index (Phi) is 4.75. The molecule has 0 N–H and O–H groups in total. The molecule has 5 rings (SSSR count). The number of fused-ring (bicyclic) bond motifs is 3. The van der Waals surface area contributed by atoms with Gasteiger partial charge in [0.1, 0.15) is 17.2 Å². The summed E-state index contributed by atoms with van der Waals surface area (Å²) in [4.78, 5) is 0. The molecule has 0 bridgehead atoms. The van der Waals surface area contributed by atoms with Crippen molar-refractivity contribution in [1.29, 1.82) is 0 Å². The molecule has 0 radical (unpaired) electrons. The topological polar surface area (TPSA) is 43.3 Å². The minimum absolute atomic E-state index is 0.0273. The minimum Gasteiger partial charge on any atom is -0.497 e. The van der Waals surface area contributed by atoms with Gasteiger partial charge in [0.2, 0.25) is 6.23 Å². The first-order valence-electron chi connectivity index (χ1n) is 9.77. The second-order valence-electron chi connectivity index (χ2n) is 7.27. The Hall–Kier alpha value is -3.18. The molecule has 5 nitrogen and oxygen atoms in total. The molecule has 0 unspecified atom stereocenters. The molecular weight excluding hydrogens is 400 g/mol. The average molecular weight is 421 g/mol. The fourth-order valence-electron chi connectivity index (χ4n) is 4.09. The zero-order valence-corrected chi connectivity index (χ0v) is 17.5. The van der Waals surface area contributed by atoms with E-state index < -0.39 is 6.23 Å². The van der Waals surface area contributed by atoms with Gasteiger partial charge >= 0.3 is 0 Å². The molecule has 0 spiro atoms. The van der Waals surface area contributed by atoms with E-state index in [-0.39, 0.29) is 6.04 Å². The lowest BCUT2D eigenvalue weighted by Gasteiger charge is -2.38. The van der Waals surface area contributed by atoms with Crippen LogP contribution in [0.4, 0.5) is 0 Å². The molecular formula is C24H21ClN2O3.